The smallest absolute Gasteiger partial charge is 0.164 e. The zero-order valence-electron chi connectivity index (χ0n) is 14.7. The summed E-state index contributed by atoms with van der Waals surface area (Å²) in [4.78, 5) is 6.62. The Morgan fingerprint density at radius 3 is 2.70 bits per heavy atom. The van der Waals surface area contributed by atoms with Crippen molar-refractivity contribution in [3.8, 4) is 5.75 Å². The number of ether oxygens (including phenoxy) is 1. The fraction of sp³-hybridized carbons (Fsp3) is 0.316. The molecule has 0 saturated carbocycles. The number of halogens is 1. The van der Waals surface area contributed by atoms with Crippen LogP contribution in [0, 0.1) is 5.82 Å². The molecule has 0 amide bonds. The molecular weight excluding hydrogens is 387 g/mol. The highest BCUT2D eigenvalue weighted by Crippen LogP contribution is 2.39. The Morgan fingerprint density at radius 1 is 1.19 bits per heavy atom. The molecule has 27 heavy (non-hydrogen) atoms. The van der Waals surface area contributed by atoms with Crippen LogP contribution in [0.3, 0.4) is 0 Å². The molecule has 5 nitrogen and oxygen atoms in total. The molecule has 1 saturated heterocycles. The Balaban J connectivity index is 1.67. The van der Waals surface area contributed by atoms with Crippen molar-refractivity contribution in [1.29, 1.82) is 0 Å². The number of aliphatic imine (C=N–C) groups is 1. The van der Waals surface area contributed by atoms with Crippen LogP contribution >= 0.6 is 11.8 Å². The number of methoxy groups -OCH3 is 1. The molecule has 8 heteroatoms. The molecule has 0 unspecified atom stereocenters. The molecule has 2 aromatic rings. The van der Waals surface area contributed by atoms with Crippen molar-refractivity contribution in [2.24, 2.45) is 4.99 Å². The number of sulfone groups is 1. The standard InChI is InChI=1S/C19H19FN2O3S2/c1-25-18-9-5-4-8-16(18)22-17-12-27(23,24)11-15(17)21-19(22)26-10-13-6-2-3-7-14(13)20/h2-9,15,17H,10-12H2,1H3/t15-,17+/m1/s1. The van der Waals surface area contributed by atoms with Gasteiger partial charge in [-0.05, 0) is 23.8 Å². The average molecular weight is 407 g/mol. The largest absolute Gasteiger partial charge is 0.495 e. The molecule has 2 atom stereocenters. The van der Waals surface area contributed by atoms with Gasteiger partial charge in [0.25, 0.3) is 0 Å². The number of fused-ring (bicyclic) bond motifs is 1. The monoisotopic (exact) mass is 406 g/mol. The van der Waals surface area contributed by atoms with E-state index in [2.05, 4.69) is 4.99 Å². The summed E-state index contributed by atoms with van der Waals surface area (Å²) in [5.41, 5.74) is 1.37. The number of hydrogen-bond acceptors (Lipinski definition) is 6. The van der Waals surface area contributed by atoms with Crippen molar-refractivity contribution in [3.05, 3.63) is 59.9 Å². The number of rotatable bonds is 4. The van der Waals surface area contributed by atoms with E-state index in [4.69, 9.17) is 4.74 Å². The quantitative estimate of drug-likeness (QED) is 0.781. The van der Waals surface area contributed by atoms with Crippen LogP contribution in [0.15, 0.2) is 53.5 Å². The van der Waals surface area contributed by atoms with Crippen LogP contribution in [0.1, 0.15) is 5.56 Å². The van der Waals surface area contributed by atoms with Crippen LogP contribution in [0.2, 0.25) is 0 Å². The second kappa shape index (κ2) is 7.16. The van der Waals surface area contributed by atoms with E-state index in [1.54, 1.807) is 25.3 Å². The lowest BCUT2D eigenvalue weighted by atomic mass is 10.1. The second-order valence-electron chi connectivity index (χ2n) is 6.55. The molecule has 0 N–H and O–H groups in total. The lowest BCUT2D eigenvalue weighted by Crippen LogP contribution is -2.39. The maximum atomic E-state index is 14.0. The molecule has 2 aromatic carbocycles. The lowest BCUT2D eigenvalue weighted by Gasteiger charge is -2.27. The first-order chi connectivity index (χ1) is 13.0. The number of nitrogens with zero attached hydrogens (tertiary/aromatic N) is 2. The number of benzene rings is 2. The summed E-state index contributed by atoms with van der Waals surface area (Å²) in [6.07, 6.45) is 0. The highest BCUT2D eigenvalue weighted by atomic mass is 32.2. The van der Waals surface area contributed by atoms with Gasteiger partial charge in [-0.25, -0.2) is 12.8 Å². The summed E-state index contributed by atoms with van der Waals surface area (Å²) in [6, 6.07) is 13.6. The number of hydrogen-bond donors (Lipinski definition) is 0. The zero-order valence-corrected chi connectivity index (χ0v) is 16.3. The summed E-state index contributed by atoms with van der Waals surface area (Å²) in [5, 5.41) is 0.702. The van der Waals surface area contributed by atoms with Gasteiger partial charge in [0.15, 0.2) is 15.0 Å². The molecule has 4 rings (SSSR count). The SMILES string of the molecule is COc1ccccc1N1C(SCc2ccccc2F)=N[C@@H]2CS(=O)(=O)C[C@@H]21. The third kappa shape index (κ3) is 3.55. The van der Waals surface area contributed by atoms with Crippen molar-refractivity contribution < 1.29 is 17.5 Å². The van der Waals surface area contributed by atoms with Gasteiger partial charge < -0.3 is 9.64 Å². The van der Waals surface area contributed by atoms with E-state index >= 15 is 0 Å². The van der Waals surface area contributed by atoms with Crippen molar-refractivity contribution in [2.45, 2.75) is 17.8 Å². The van der Waals surface area contributed by atoms with Crippen molar-refractivity contribution >= 4 is 32.5 Å². The van der Waals surface area contributed by atoms with E-state index in [0.717, 1.165) is 5.69 Å². The van der Waals surface area contributed by atoms with E-state index in [1.807, 2.05) is 29.2 Å². The molecule has 142 valence electrons. The maximum Gasteiger partial charge on any atom is 0.164 e. The maximum absolute atomic E-state index is 14.0. The number of amidine groups is 1. The third-order valence-corrected chi connectivity index (χ3v) is 7.48. The molecule has 1 fully saturated rings. The summed E-state index contributed by atoms with van der Waals surface area (Å²) >= 11 is 1.42. The van der Waals surface area contributed by atoms with Crippen molar-refractivity contribution in [2.75, 3.05) is 23.5 Å². The van der Waals surface area contributed by atoms with E-state index < -0.39 is 9.84 Å². The highest BCUT2D eigenvalue weighted by molar-refractivity contribution is 8.13. The van der Waals surface area contributed by atoms with Gasteiger partial charge in [0.1, 0.15) is 11.6 Å². The van der Waals surface area contributed by atoms with Crippen LogP contribution < -0.4 is 9.64 Å². The Hall–Kier alpha value is -2.06. The summed E-state index contributed by atoms with van der Waals surface area (Å²) in [7, 11) is -1.54. The minimum absolute atomic E-state index is 0.0487. The van der Waals surface area contributed by atoms with E-state index in [-0.39, 0.29) is 29.4 Å². The topological polar surface area (TPSA) is 59.0 Å². The first-order valence-corrected chi connectivity index (χ1v) is 11.4. The van der Waals surface area contributed by atoms with E-state index in [9.17, 15) is 12.8 Å². The molecule has 0 aromatic heterocycles. The molecular formula is C19H19FN2O3S2. The molecule has 0 aliphatic carbocycles. The minimum Gasteiger partial charge on any atom is -0.495 e. The Labute approximate surface area is 162 Å². The fourth-order valence-corrected chi connectivity index (χ4v) is 6.45. The number of para-hydroxylation sites is 2. The van der Waals surface area contributed by atoms with Gasteiger partial charge in [-0.1, -0.05) is 42.1 Å². The van der Waals surface area contributed by atoms with E-state index in [1.165, 1.54) is 17.8 Å². The predicted molar refractivity (Wildman–Crippen MR) is 107 cm³/mol. The zero-order chi connectivity index (χ0) is 19.0. The molecule has 2 aliphatic heterocycles. The molecule has 2 aliphatic rings. The van der Waals surface area contributed by atoms with Gasteiger partial charge in [-0.2, -0.15) is 0 Å². The highest BCUT2D eigenvalue weighted by Gasteiger charge is 2.47. The second-order valence-corrected chi connectivity index (χ2v) is 9.64. The molecule has 0 radical (unpaired) electrons. The fourth-order valence-electron chi connectivity index (χ4n) is 3.50. The summed E-state index contributed by atoms with van der Waals surface area (Å²) < 4.78 is 43.7. The molecule has 0 bridgehead atoms. The average Bonchev–Trinajstić information content (AvgIpc) is 3.12. The van der Waals surface area contributed by atoms with Gasteiger partial charge >= 0.3 is 0 Å². The van der Waals surface area contributed by atoms with Gasteiger partial charge in [0.2, 0.25) is 0 Å². The normalized spacial score (nSPS) is 23.2. The van der Waals surface area contributed by atoms with Crippen molar-refractivity contribution in [1.82, 2.24) is 0 Å². The van der Waals surface area contributed by atoms with Crippen LogP contribution in [-0.4, -0.2) is 44.3 Å². The summed E-state index contributed by atoms with van der Waals surface area (Å²) in [6.45, 7) is 0. The van der Waals surface area contributed by atoms with Gasteiger partial charge in [0, 0.05) is 5.75 Å². The van der Waals surface area contributed by atoms with Gasteiger partial charge in [-0.3, -0.25) is 4.99 Å². The molecule has 2 heterocycles. The van der Waals surface area contributed by atoms with Crippen LogP contribution in [0.4, 0.5) is 10.1 Å². The Bertz CT molecular complexity index is 994. The Kier molecular flexibility index (Phi) is 4.86. The van der Waals surface area contributed by atoms with Crippen LogP contribution in [0.25, 0.3) is 0 Å². The summed E-state index contributed by atoms with van der Waals surface area (Å²) in [5.74, 6) is 0.927. The third-order valence-electron chi connectivity index (χ3n) is 4.77. The predicted octanol–water partition coefficient (Wildman–Crippen LogP) is 3.11. The van der Waals surface area contributed by atoms with Gasteiger partial charge in [-0.15, -0.1) is 0 Å². The van der Waals surface area contributed by atoms with E-state index in [0.29, 0.717) is 22.2 Å². The van der Waals surface area contributed by atoms with Crippen LogP contribution in [-0.2, 0) is 15.6 Å². The number of thioether (sulfide) groups is 1. The molecule has 0 spiro atoms. The Morgan fingerprint density at radius 2 is 1.93 bits per heavy atom. The lowest BCUT2D eigenvalue weighted by molar-refractivity contribution is 0.415. The minimum atomic E-state index is -3.12. The first kappa shape index (κ1) is 18.3. The van der Waals surface area contributed by atoms with Crippen LogP contribution in [0.5, 0.6) is 5.75 Å². The first-order valence-electron chi connectivity index (χ1n) is 8.55. The van der Waals surface area contributed by atoms with Gasteiger partial charge in [0.05, 0.1) is 36.4 Å². The number of anilines is 1. The van der Waals surface area contributed by atoms with Crippen molar-refractivity contribution in [3.63, 3.8) is 0 Å².